The number of benzene rings is 1. The van der Waals surface area contributed by atoms with Crippen LogP contribution in [0.2, 0.25) is 5.02 Å². The molecular weight excluding hydrogens is 384 g/mol. The molecule has 1 N–H and O–H groups in total. The Morgan fingerprint density at radius 2 is 2.07 bits per heavy atom. The quantitative estimate of drug-likeness (QED) is 0.660. The molecule has 136 valence electrons. The van der Waals surface area contributed by atoms with Crippen LogP contribution in [-0.4, -0.2) is 31.6 Å². The molecule has 2 aromatic heterocycles. The molecule has 0 fully saturated rings. The minimum atomic E-state index is -0.204. The summed E-state index contributed by atoms with van der Waals surface area (Å²) in [7, 11) is 0. The van der Waals surface area contributed by atoms with Crippen LogP contribution in [-0.2, 0) is 4.79 Å². The van der Waals surface area contributed by atoms with Gasteiger partial charge in [0.2, 0.25) is 5.91 Å². The second kappa shape index (κ2) is 8.20. The van der Waals surface area contributed by atoms with E-state index in [0.29, 0.717) is 27.1 Å². The minimum absolute atomic E-state index is 0.172. The highest BCUT2D eigenvalue weighted by Gasteiger charge is 2.09. The average Bonchev–Trinajstić information content (AvgIpc) is 2.99. The second-order valence-electron chi connectivity index (χ2n) is 5.71. The summed E-state index contributed by atoms with van der Waals surface area (Å²) in [5.74, 6) is 0.595. The predicted octanol–water partition coefficient (Wildman–Crippen LogP) is 3.54. The summed E-state index contributed by atoms with van der Waals surface area (Å²) in [4.78, 5) is 12.1. The van der Waals surface area contributed by atoms with E-state index in [-0.39, 0.29) is 11.7 Å². The van der Waals surface area contributed by atoms with Crippen LogP contribution in [0.4, 0.5) is 5.69 Å². The zero-order chi connectivity index (χ0) is 19.4. The lowest BCUT2D eigenvalue weighted by atomic mass is 10.2. The fourth-order valence-corrected chi connectivity index (χ4v) is 3.22. The van der Waals surface area contributed by atoms with E-state index < -0.39 is 0 Å². The van der Waals surface area contributed by atoms with E-state index in [9.17, 15) is 4.79 Å². The van der Waals surface area contributed by atoms with Crippen LogP contribution in [0.3, 0.4) is 0 Å². The number of nitrogens with one attached hydrogen (secondary N) is 1. The number of hydrogen-bond donors (Lipinski definition) is 1. The van der Waals surface area contributed by atoms with Gasteiger partial charge in [-0.3, -0.25) is 4.79 Å². The van der Waals surface area contributed by atoms with Crippen molar-refractivity contribution in [2.24, 2.45) is 0 Å². The first-order valence-electron chi connectivity index (χ1n) is 7.96. The van der Waals surface area contributed by atoms with Crippen molar-refractivity contribution in [3.8, 4) is 11.9 Å². The SMILES string of the molecule is Cc1cc(C)n(-c2ccc(SCC(=O)Nc3ccc(C#N)c(Cl)c3)nn2)n1. The third-order valence-electron chi connectivity index (χ3n) is 3.58. The first kappa shape index (κ1) is 18.9. The standard InChI is InChI=1S/C18H15ClN6OS/c1-11-7-12(2)25(24-11)16-5-6-18(23-22-16)27-10-17(26)21-14-4-3-13(9-20)15(19)8-14/h3-8H,10H2,1-2H3,(H,21,26). The van der Waals surface area contributed by atoms with Gasteiger partial charge in [0.25, 0.3) is 0 Å². The van der Waals surface area contributed by atoms with Crippen LogP contribution in [0.1, 0.15) is 17.0 Å². The second-order valence-corrected chi connectivity index (χ2v) is 7.11. The predicted molar refractivity (Wildman–Crippen MR) is 104 cm³/mol. The van der Waals surface area contributed by atoms with Gasteiger partial charge in [0, 0.05) is 11.4 Å². The summed E-state index contributed by atoms with van der Waals surface area (Å²) in [6.45, 7) is 3.87. The van der Waals surface area contributed by atoms with Crippen molar-refractivity contribution in [2.45, 2.75) is 18.9 Å². The highest BCUT2D eigenvalue weighted by Crippen LogP contribution is 2.21. The Morgan fingerprint density at radius 1 is 1.26 bits per heavy atom. The fourth-order valence-electron chi connectivity index (χ4n) is 2.38. The fraction of sp³-hybridized carbons (Fsp3) is 0.167. The lowest BCUT2D eigenvalue weighted by molar-refractivity contribution is -0.113. The van der Waals surface area contributed by atoms with E-state index in [2.05, 4.69) is 20.6 Å². The maximum Gasteiger partial charge on any atom is 0.234 e. The maximum atomic E-state index is 12.1. The smallest absolute Gasteiger partial charge is 0.234 e. The van der Waals surface area contributed by atoms with E-state index in [1.54, 1.807) is 28.9 Å². The van der Waals surface area contributed by atoms with E-state index in [1.807, 2.05) is 32.0 Å². The van der Waals surface area contributed by atoms with Gasteiger partial charge in [-0.15, -0.1) is 10.2 Å². The van der Waals surface area contributed by atoms with Crippen molar-refractivity contribution in [1.29, 1.82) is 5.26 Å². The van der Waals surface area contributed by atoms with Gasteiger partial charge in [0.05, 0.1) is 22.0 Å². The Bertz CT molecular complexity index is 1030. The Hall–Kier alpha value is -2.89. The summed E-state index contributed by atoms with van der Waals surface area (Å²) >= 11 is 7.23. The summed E-state index contributed by atoms with van der Waals surface area (Å²) in [6.07, 6.45) is 0. The lowest BCUT2D eigenvalue weighted by Crippen LogP contribution is -2.14. The van der Waals surface area contributed by atoms with Gasteiger partial charge in [-0.1, -0.05) is 23.4 Å². The first-order chi connectivity index (χ1) is 13.0. The molecule has 0 aliphatic heterocycles. The van der Waals surface area contributed by atoms with Crippen molar-refractivity contribution in [3.05, 3.63) is 58.4 Å². The van der Waals surface area contributed by atoms with Gasteiger partial charge >= 0.3 is 0 Å². The van der Waals surface area contributed by atoms with Gasteiger partial charge < -0.3 is 5.32 Å². The molecule has 2 heterocycles. The monoisotopic (exact) mass is 398 g/mol. The molecule has 0 unspecified atom stereocenters. The highest BCUT2D eigenvalue weighted by atomic mass is 35.5. The molecule has 3 rings (SSSR count). The maximum absolute atomic E-state index is 12.1. The van der Waals surface area contributed by atoms with Gasteiger partial charge in [-0.25, -0.2) is 4.68 Å². The molecule has 0 spiro atoms. The third-order valence-corrected chi connectivity index (χ3v) is 4.81. The molecular formula is C18H15ClN6OS. The number of aromatic nitrogens is 4. The molecule has 0 saturated carbocycles. The number of carbonyl (C=O) groups excluding carboxylic acids is 1. The Morgan fingerprint density at radius 3 is 2.67 bits per heavy atom. The lowest BCUT2D eigenvalue weighted by Gasteiger charge is -2.06. The molecule has 0 radical (unpaired) electrons. The number of aryl methyl sites for hydroxylation is 2. The number of nitrogens with zero attached hydrogens (tertiary/aromatic N) is 5. The molecule has 0 aliphatic carbocycles. The molecule has 0 atom stereocenters. The number of thioether (sulfide) groups is 1. The van der Waals surface area contributed by atoms with Crippen LogP contribution in [0, 0.1) is 25.2 Å². The van der Waals surface area contributed by atoms with Gasteiger partial charge in [-0.05, 0) is 50.2 Å². The zero-order valence-electron chi connectivity index (χ0n) is 14.6. The van der Waals surface area contributed by atoms with Crippen molar-refractivity contribution in [3.63, 3.8) is 0 Å². The van der Waals surface area contributed by atoms with Crippen LogP contribution < -0.4 is 5.32 Å². The molecule has 27 heavy (non-hydrogen) atoms. The summed E-state index contributed by atoms with van der Waals surface area (Å²) < 4.78 is 1.72. The molecule has 0 bridgehead atoms. The Balaban J connectivity index is 1.58. The topological polar surface area (TPSA) is 96.5 Å². The third kappa shape index (κ3) is 4.64. The van der Waals surface area contributed by atoms with Crippen molar-refractivity contribution in [1.82, 2.24) is 20.0 Å². The summed E-state index contributed by atoms with van der Waals surface area (Å²) in [5, 5.41) is 25.2. The number of anilines is 1. The van der Waals surface area contributed by atoms with Crippen LogP contribution in [0.25, 0.3) is 5.82 Å². The summed E-state index contributed by atoms with van der Waals surface area (Å²) in [5.41, 5.74) is 2.78. The van der Waals surface area contributed by atoms with Gasteiger partial charge in [-0.2, -0.15) is 10.4 Å². The van der Waals surface area contributed by atoms with Crippen molar-refractivity contribution < 1.29 is 4.79 Å². The van der Waals surface area contributed by atoms with Gasteiger partial charge in [0.1, 0.15) is 11.1 Å². The van der Waals surface area contributed by atoms with Crippen molar-refractivity contribution in [2.75, 3.05) is 11.1 Å². The van der Waals surface area contributed by atoms with Crippen LogP contribution in [0.5, 0.6) is 0 Å². The van der Waals surface area contributed by atoms with E-state index in [1.165, 1.54) is 11.8 Å². The van der Waals surface area contributed by atoms with Crippen LogP contribution in [0.15, 0.2) is 41.4 Å². The Labute approximate surface area is 165 Å². The number of halogens is 1. The van der Waals surface area contributed by atoms with E-state index in [0.717, 1.165) is 11.4 Å². The number of nitriles is 1. The largest absolute Gasteiger partial charge is 0.325 e. The van der Waals surface area contributed by atoms with Crippen molar-refractivity contribution >= 4 is 35.0 Å². The molecule has 9 heteroatoms. The highest BCUT2D eigenvalue weighted by molar-refractivity contribution is 7.99. The Kier molecular flexibility index (Phi) is 5.74. The van der Waals surface area contributed by atoms with Crippen LogP contribution >= 0.6 is 23.4 Å². The minimum Gasteiger partial charge on any atom is -0.325 e. The molecule has 1 amide bonds. The average molecular weight is 399 g/mol. The van der Waals surface area contributed by atoms with E-state index in [4.69, 9.17) is 16.9 Å². The first-order valence-corrected chi connectivity index (χ1v) is 9.32. The summed E-state index contributed by atoms with van der Waals surface area (Å²) in [6, 6.07) is 12.3. The molecule has 1 aromatic carbocycles. The number of rotatable bonds is 5. The molecule has 0 saturated heterocycles. The van der Waals surface area contributed by atoms with Gasteiger partial charge in [0.15, 0.2) is 5.82 Å². The zero-order valence-corrected chi connectivity index (χ0v) is 16.2. The molecule has 3 aromatic rings. The number of hydrogen-bond acceptors (Lipinski definition) is 6. The molecule has 7 nitrogen and oxygen atoms in total. The molecule has 0 aliphatic rings. The van der Waals surface area contributed by atoms with E-state index >= 15 is 0 Å². The number of carbonyl (C=O) groups is 1. The normalized spacial score (nSPS) is 10.4. The number of amides is 1.